The molecular weight excluding hydrogens is 418 g/mol. The van der Waals surface area contributed by atoms with Crippen LogP contribution >= 0.6 is 0 Å². The number of nitrogens with two attached hydrogens (primary N) is 2. The van der Waals surface area contributed by atoms with Gasteiger partial charge in [-0.15, -0.1) is 0 Å². The number of aryl methyl sites for hydroxylation is 1. The molecule has 0 atom stereocenters. The van der Waals surface area contributed by atoms with E-state index in [0.29, 0.717) is 30.2 Å². The molecule has 1 heterocycles. The first kappa shape index (κ1) is 24.3. The maximum atomic E-state index is 12.8. The van der Waals surface area contributed by atoms with E-state index in [-0.39, 0.29) is 42.9 Å². The van der Waals surface area contributed by atoms with Gasteiger partial charge in [-0.3, -0.25) is 14.2 Å². The fraction of sp³-hybridized carbons (Fsp3) is 0.400. The molecule has 2 aromatic rings. The van der Waals surface area contributed by atoms with Crippen LogP contribution in [0.1, 0.15) is 11.3 Å². The molecule has 0 aliphatic carbocycles. The molecule has 0 spiro atoms. The molecule has 0 aliphatic heterocycles. The molecule has 2 rings (SSSR count). The van der Waals surface area contributed by atoms with Crippen LogP contribution in [0.25, 0.3) is 0 Å². The van der Waals surface area contributed by atoms with Gasteiger partial charge in [0, 0.05) is 18.4 Å². The van der Waals surface area contributed by atoms with Crippen molar-refractivity contribution in [1.29, 1.82) is 0 Å². The van der Waals surface area contributed by atoms with Crippen molar-refractivity contribution in [3.63, 3.8) is 0 Å². The number of oxime groups is 1. The average Bonchev–Trinajstić information content (AvgIpc) is 2.77. The number of carbonyl (C=O) groups is 1. The Bertz CT molecular complexity index is 1000. The summed E-state index contributed by atoms with van der Waals surface area (Å²) < 4.78 is 11.9. The number of aromatic nitrogens is 2. The monoisotopic (exact) mass is 447 g/mol. The van der Waals surface area contributed by atoms with E-state index >= 15 is 0 Å². The van der Waals surface area contributed by atoms with E-state index in [2.05, 4.69) is 20.8 Å². The lowest BCUT2D eigenvalue weighted by atomic mass is 10.1. The molecule has 32 heavy (non-hydrogen) atoms. The fourth-order valence-corrected chi connectivity index (χ4v) is 2.81. The highest BCUT2D eigenvalue weighted by atomic mass is 16.6. The van der Waals surface area contributed by atoms with Crippen molar-refractivity contribution in [2.45, 2.75) is 19.9 Å². The van der Waals surface area contributed by atoms with Crippen LogP contribution in [0, 0.1) is 6.92 Å². The first-order chi connectivity index (χ1) is 15.3. The summed E-state index contributed by atoms with van der Waals surface area (Å²) >= 11 is 0. The minimum atomic E-state index is -0.385. The molecule has 0 unspecified atom stereocenters. The highest BCUT2D eigenvalue weighted by Crippen LogP contribution is 2.27. The number of ether oxygens (including phenoxy) is 2. The van der Waals surface area contributed by atoms with Crippen LogP contribution in [-0.4, -0.2) is 55.3 Å². The Hall–Kier alpha value is -3.96. The van der Waals surface area contributed by atoms with E-state index in [4.69, 9.17) is 25.8 Å². The SMILES string of the molecule is COc1ccc(CCNc2ncc(C)n(CC(=O)NCCON=C(N)N)c2=O)cc1OC. The van der Waals surface area contributed by atoms with Gasteiger partial charge in [-0.05, 0) is 36.2 Å². The minimum absolute atomic E-state index is 0.0941. The number of methoxy groups -OCH3 is 2. The number of carbonyl (C=O) groups excluding carboxylic acids is 1. The van der Waals surface area contributed by atoms with Gasteiger partial charge in [-0.2, -0.15) is 0 Å². The molecule has 0 aliphatic rings. The molecule has 1 aromatic heterocycles. The molecule has 0 bridgehead atoms. The maximum absolute atomic E-state index is 12.8. The Morgan fingerprint density at radius 3 is 2.62 bits per heavy atom. The van der Waals surface area contributed by atoms with Crippen molar-refractivity contribution < 1.29 is 19.1 Å². The molecule has 1 aromatic carbocycles. The van der Waals surface area contributed by atoms with Crippen LogP contribution in [-0.2, 0) is 22.6 Å². The van der Waals surface area contributed by atoms with Gasteiger partial charge in [0.05, 0.1) is 20.8 Å². The summed E-state index contributed by atoms with van der Waals surface area (Å²) in [5.41, 5.74) is 11.4. The van der Waals surface area contributed by atoms with Crippen LogP contribution in [0.4, 0.5) is 5.82 Å². The summed E-state index contributed by atoms with van der Waals surface area (Å²) in [5, 5.41) is 9.01. The van der Waals surface area contributed by atoms with Gasteiger partial charge in [0.15, 0.2) is 17.3 Å². The molecule has 0 radical (unpaired) electrons. The standard InChI is InChI=1S/C20H29N7O5/c1-13-11-25-18(24-7-6-14-4-5-15(30-2)16(10-14)31-3)19(29)27(13)12-17(28)23-8-9-32-26-20(21)22/h4-5,10-11H,6-9,12H2,1-3H3,(H,23,28)(H,24,25)(H4,21,22,26). The first-order valence-corrected chi connectivity index (χ1v) is 9.84. The lowest BCUT2D eigenvalue weighted by molar-refractivity contribution is -0.122. The third-order valence-electron chi connectivity index (χ3n) is 4.40. The van der Waals surface area contributed by atoms with Crippen LogP contribution in [0.2, 0.25) is 0 Å². The summed E-state index contributed by atoms with van der Waals surface area (Å²) in [6.07, 6.45) is 2.17. The van der Waals surface area contributed by atoms with Crippen molar-refractivity contribution in [2.24, 2.45) is 16.6 Å². The number of anilines is 1. The van der Waals surface area contributed by atoms with E-state index in [9.17, 15) is 9.59 Å². The molecule has 0 saturated heterocycles. The van der Waals surface area contributed by atoms with Crippen LogP contribution < -0.4 is 37.1 Å². The van der Waals surface area contributed by atoms with Gasteiger partial charge in [-0.25, -0.2) is 4.98 Å². The summed E-state index contributed by atoms with van der Waals surface area (Å²) in [6, 6.07) is 5.62. The quantitative estimate of drug-likeness (QED) is 0.146. The Labute approximate surface area is 185 Å². The van der Waals surface area contributed by atoms with Crippen LogP contribution in [0.3, 0.4) is 0 Å². The highest BCUT2D eigenvalue weighted by molar-refractivity contribution is 5.76. The fourth-order valence-electron chi connectivity index (χ4n) is 2.81. The van der Waals surface area contributed by atoms with Gasteiger partial charge in [-0.1, -0.05) is 6.07 Å². The highest BCUT2D eigenvalue weighted by Gasteiger charge is 2.12. The number of nitrogens with zero attached hydrogens (tertiary/aromatic N) is 3. The lowest BCUT2D eigenvalue weighted by Gasteiger charge is -2.13. The van der Waals surface area contributed by atoms with E-state index in [1.54, 1.807) is 21.1 Å². The summed E-state index contributed by atoms with van der Waals surface area (Å²) in [7, 11) is 3.15. The summed E-state index contributed by atoms with van der Waals surface area (Å²) in [6.45, 7) is 2.30. The smallest absolute Gasteiger partial charge is 0.293 e. The zero-order chi connectivity index (χ0) is 23.5. The molecule has 1 amide bonds. The lowest BCUT2D eigenvalue weighted by Crippen LogP contribution is -2.36. The molecule has 6 N–H and O–H groups in total. The predicted molar refractivity (Wildman–Crippen MR) is 120 cm³/mol. The van der Waals surface area contributed by atoms with E-state index in [0.717, 1.165) is 5.56 Å². The number of amides is 1. The number of hydrogen-bond donors (Lipinski definition) is 4. The summed E-state index contributed by atoms with van der Waals surface area (Å²) in [5.74, 6) is 0.885. The van der Waals surface area contributed by atoms with E-state index in [1.165, 1.54) is 10.8 Å². The van der Waals surface area contributed by atoms with Gasteiger partial charge < -0.3 is 36.4 Å². The zero-order valence-corrected chi connectivity index (χ0v) is 18.4. The van der Waals surface area contributed by atoms with Gasteiger partial charge in [0.1, 0.15) is 13.2 Å². The molecule has 12 heteroatoms. The van der Waals surface area contributed by atoms with Gasteiger partial charge >= 0.3 is 0 Å². The normalized spacial score (nSPS) is 10.2. The predicted octanol–water partition coefficient (Wildman–Crippen LogP) is -0.455. The average molecular weight is 447 g/mol. The number of benzene rings is 1. The minimum Gasteiger partial charge on any atom is -0.493 e. The molecule has 12 nitrogen and oxygen atoms in total. The maximum Gasteiger partial charge on any atom is 0.293 e. The first-order valence-electron chi connectivity index (χ1n) is 9.84. The van der Waals surface area contributed by atoms with Crippen molar-refractivity contribution in [3.05, 3.63) is 46.0 Å². The van der Waals surface area contributed by atoms with E-state index < -0.39 is 0 Å². The van der Waals surface area contributed by atoms with Crippen molar-refractivity contribution in [2.75, 3.05) is 39.2 Å². The molecule has 174 valence electrons. The Kier molecular flexibility index (Phi) is 9.14. The van der Waals surface area contributed by atoms with Gasteiger partial charge in [0.25, 0.3) is 5.56 Å². The van der Waals surface area contributed by atoms with Crippen molar-refractivity contribution >= 4 is 17.7 Å². The van der Waals surface area contributed by atoms with Crippen LogP contribution in [0.15, 0.2) is 34.3 Å². The van der Waals surface area contributed by atoms with E-state index in [1.807, 2.05) is 18.2 Å². The molecule has 0 fully saturated rings. The Balaban J connectivity index is 1.94. The molecule has 0 saturated carbocycles. The third kappa shape index (κ3) is 7.07. The number of hydrogen-bond acceptors (Lipinski definition) is 8. The number of rotatable bonds is 12. The Morgan fingerprint density at radius 1 is 1.19 bits per heavy atom. The van der Waals surface area contributed by atoms with Crippen molar-refractivity contribution in [3.8, 4) is 11.5 Å². The van der Waals surface area contributed by atoms with Crippen LogP contribution in [0.5, 0.6) is 11.5 Å². The second kappa shape index (κ2) is 12.0. The topological polar surface area (TPSA) is 168 Å². The summed E-state index contributed by atoms with van der Waals surface area (Å²) in [4.78, 5) is 33.9. The largest absolute Gasteiger partial charge is 0.493 e. The number of guanidine groups is 1. The zero-order valence-electron chi connectivity index (χ0n) is 18.4. The number of nitrogens with one attached hydrogen (secondary N) is 2. The second-order valence-electron chi connectivity index (χ2n) is 6.70. The molecular formula is C20H29N7O5. The van der Waals surface area contributed by atoms with Crippen molar-refractivity contribution in [1.82, 2.24) is 14.9 Å². The second-order valence-corrected chi connectivity index (χ2v) is 6.70. The Morgan fingerprint density at radius 2 is 1.94 bits per heavy atom. The third-order valence-corrected chi connectivity index (χ3v) is 4.40. The van der Waals surface area contributed by atoms with Gasteiger partial charge in [0.2, 0.25) is 11.9 Å².